The average molecular weight is 438 g/mol. The van der Waals surface area contributed by atoms with Gasteiger partial charge in [-0.3, -0.25) is 9.98 Å². The standard InChI is InChI=1S/C20H26N4O.C6H13N/c1-12(7-6-10-21)16-14-11-20(2,3)17(19(22)24-5)18(23-4)13(14)8-9-15(16)25;7-6-4-2-1-3-5-6/h8-9,12,25H,4,6-7,11H2,1-3,5H3,(H2,22,24);6H,1-5,7H2. The van der Waals surface area contributed by atoms with Gasteiger partial charge in [0.15, 0.2) is 0 Å². The Balaban J connectivity index is 0.000000439. The van der Waals surface area contributed by atoms with Gasteiger partial charge in [-0.15, -0.1) is 0 Å². The van der Waals surface area contributed by atoms with E-state index in [2.05, 4.69) is 36.6 Å². The fourth-order valence-corrected chi connectivity index (χ4v) is 4.90. The topological polar surface area (TPSA) is 121 Å². The molecular formula is C26H39N5O. The van der Waals surface area contributed by atoms with E-state index in [0.717, 1.165) is 28.0 Å². The van der Waals surface area contributed by atoms with Gasteiger partial charge in [0.05, 0.1) is 11.8 Å². The van der Waals surface area contributed by atoms with Crippen molar-refractivity contribution in [3.05, 3.63) is 34.4 Å². The number of rotatable bonds is 5. The molecule has 0 bridgehead atoms. The van der Waals surface area contributed by atoms with E-state index in [1.165, 1.54) is 32.1 Å². The quantitative estimate of drug-likeness (QED) is 0.440. The lowest BCUT2D eigenvalue weighted by Crippen LogP contribution is -2.33. The van der Waals surface area contributed by atoms with Crippen molar-refractivity contribution in [1.29, 1.82) is 5.26 Å². The molecule has 0 spiro atoms. The molecule has 3 rings (SSSR count). The van der Waals surface area contributed by atoms with Gasteiger partial charge in [0.25, 0.3) is 0 Å². The van der Waals surface area contributed by atoms with Gasteiger partial charge in [0.2, 0.25) is 0 Å². The number of nitrogens with zero attached hydrogens (tertiary/aromatic N) is 3. The highest BCUT2D eigenvalue weighted by Gasteiger charge is 2.37. The van der Waals surface area contributed by atoms with Gasteiger partial charge >= 0.3 is 0 Å². The van der Waals surface area contributed by atoms with E-state index in [0.29, 0.717) is 31.1 Å². The predicted molar refractivity (Wildman–Crippen MR) is 134 cm³/mol. The molecule has 1 unspecified atom stereocenters. The zero-order valence-corrected chi connectivity index (χ0v) is 20.1. The van der Waals surface area contributed by atoms with Gasteiger partial charge in [-0.05, 0) is 61.4 Å². The lowest BCUT2D eigenvalue weighted by molar-refractivity contribution is 0.435. The molecule has 1 fully saturated rings. The third kappa shape index (κ3) is 5.77. The number of amidine groups is 1. The Morgan fingerprint density at radius 1 is 1.31 bits per heavy atom. The molecule has 0 radical (unpaired) electrons. The number of fused-ring (bicyclic) bond motifs is 1. The minimum atomic E-state index is -0.287. The van der Waals surface area contributed by atoms with Gasteiger partial charge in [-0.2, -0.15) is 5.26 Å². The molecule has 0 amide bonds. The molecule has 1 aromatic carbocycles. The molecule has 6 heteroatoms. The van der Waals surface area contributed by atoms with Crippen molar-refractivity contribution in [2.24, 2.45) is 26.9 Å². The molecule has 6 nitrogen and oxygen atoms in total. The number of benzene rings is 1. The number of hydrogen-bond donors (Lipinski definition) is 3. The van der Waals surface area contributed by atoms with Crippen molar-refractivity contribution in [2.75, 3.05) is 7.05 Å². The second kappa shape index (κ2) is 11.3. The average Bonchev–Trinajstić information content (AvgIpc) is 2.76. The molecule has 174 valence electrons. The summed E-state index contributed by atoms with van der Waals surface area (Å²) in [6.45, 7) is 9.98. The Kier molecular flexibility index (Phi) is 9.03. The van der Waals surface area contributed by atoms with Crippen molar-refractivity contribution in [3.63, 3.8) is 0 Å². The summed E-state index contributed by atoms with van der Waals surface area (Å²) in [5, 5.41) is 19.4. The van der Waals surface area contributed by atoms with E-state index in [4.69, 9.17) is 16.7 Å². The molecule has 5 N–H and O–H groups in total. The van der Waals surface area contributed by atoms with E-state index in [1.807, 2.05) is 13.0 Å². The third-order valence-corrected chi connectivity index (χ3v) is 6.61. The Morgan fingerprint density at radius 2 is 1.97 bits per heavy atom. The van der Waals surface area contributed by atoms with Crippen LogP contribution in [0.3, 0.4) is 0 Å². The van der Waals surface area contributed by atoms with Crippen LogP contribution in [-0.4, -0.2) is 30.7 Å². The number of hydrogen-bond acceptors (Lipinski definition) is 5. The summed E-state index contributed by atoms with van der Waals surface area (Å²) in [6, 6.07) is 6.28. The number of phenols is 1. The first-order chi connectivity index (χ1) is 15.2. The normalized spacial score (nSPS) is 19.3. The second-order valence-corrected chi connectivity index (χ2v) is 9.57. The van der Waals surface area contributed by atoms with Crippen LogP contribution in [0, 0.1) is 16.7 Å². The largest absolute Gasteiger partial charge is 0.508 e. The lowest BCUT2D eigenvalue weighted by Gasteiger charge is -2.36. The number of aromatic hydroxyl groups is 1. The molecular weight excluding hydrogens is 398 g/mol. The Morgan fingerprint density at radius 3 is 2.47 bits per heavy atom. The van der Waals surface area contributed by atoms with Gasteiger partial charge in [-0.25, -0.2) is 0 Å². The molecule has 0 saturated heterocycles. The van der Waals surface area contributed by atoms with Crippen LogP contribution in [0.4, 0.5) is 0 Å². The van der Waals surface area contributed by atoms with E-state index in [1.54, 1.807) is 13.1 Å². The number of aliphatic imine (C=N–C) groups is 2. The highest BCUT2D eigenvalue weighted by atomic mass is 16.3. The number of nitriles is 1. The van der Waals surface area contributed by atoms with E-state index < -0.39 is 0 Å². The molecule has 0 aliphatic heterocycles. The number of nitrogens with two attached hydrogens (primary N) is 2. The summed E-state index contributed by atoms with van der Waals surface area (Å²) in [4.78, 5) is 8.42. The molecule has 0 heterocycles. The summed E-state index contributed by atoms with van der Waals surface area (Å²) in [5.74, 6) is 0.810. The van der Waals surface area contributed by atoms with Crippen LogP contribution >= 0.6 is 0 Å². The van der Waals surface area contributed by atoms with Crippen LogP contribution in [0.15, 0.2) is 27.7 Å². The SMILES string of the molecule is C=NC1=C(C(N)=NC)C(C)(C)Cc2c1ccc(O)c2C(C)CCC#N.NC1CCCCC1. The zero-order valence-electron chi connectivity index (χ0n) is 20.1. The summed E-state index contributed by atoms with van der Waals surface area (Å²) < 4.78 is 0. The second-order valence-electron chi connectivity index (χ2n) is 9.57. The van der Waals surface area contributed by atoms with Gasteiger partial charge in [0, 0.05) is 36.2 Å². The summed E-state index contributed by atoms with van der Waals surface area (Å²) in [7, 11) is 1.67. The summed E-state index contributed by atoms with van der Waals surface area (Å²) >= 11 is 0. The van der Waals surface area contributed by atoms with Crippen molar-refractivity contribution in [3.8, 4) is 11.8 Å². The maximum atomic E-state index is 10.5. The fraction of sp³-hybridized carbons (Fsp3) is 0.577. The van der Waals surface area contributed by atoms with Crippen LogP contribution in [0.2, 0.25) is 0 Å². The van der Waals surface area contributed by atoms with Gasteiger partial charge < -0.3 is 16.6 Å². The van der Waals surface area contributed by atoms with E-state index >= 15 is 0 Å². The third-order valence-electron chi connectivity index (χ3n) is 6.61. The van der Waals surface area contributed by atoms with Crippen molar-refractivity contribution in [2.45, 2.75) is 84.1 Å². The van der Waals surface area contributed by atoms with E-state index in [9.17, 15) is 5.11 Å². The first-order valence-electron chi connectivity index (χ1n) is 11.6. The highest BCUT2D eigenvalue weighted by molar-refractivity contribution is 6.06. The Hall–Kier alpha value is -2.65. The van der Waals surface area contributed by atoms with Crippen LogP contribution in [0.25, 0.3) is 5.70 Å². The smallest absolute Gasteiger partial charge is 0.123 e. The van der Waals surface area contributed by atoms with E-state index in [-0.39, 0.29) is 17.1 Å². The fourth-order valence-electron chi connectivity index (χ4n) is 4.90. The van der Waals surface area contributed by atoms with Crippen LogP contribution < -0.4 is 11.5 Å². The van der Waals surface area contributed by atoms with Crippen LogP contribution in [0.1, 0.15) is 88.3 Å². The van der Waals surface area contributed by atoms with Crippen molar-refractivity contribution < 1.29 is 5.11 Å². The summed E-state index contributed by atoms with van der Waals surface area (Å²) in [5.41, 5.74) is 16.0. The molecule has 0 aromatic heterocycles. The highest BCUT2D eigenvalue weighted by Crippen LogP contribution is 2.47. The molecule has 32 heavy (non-hydrogen) atoms. The Labute approximate surface area is 193 Å². The molecule has 2 aliphatic carbocycles. The van der Waals surface area contributed by atoms with Gasteiger partial charge in [0.1, 0.15) is 11.6 Å². The molecule has 1 aromatic rings. The monoisotopic (exact) mass is 437 g/mol. The summed E-state index contributed by atoms with van der Waals surface area (Å²) in [6.07, 6.45) is 8.53. The molecule has 2 aliphatic rings. The van der Waals surface area contributed by atoms with Gasteiger partial charge in [-0.1, -0.05) is 40.0 Å². The minimum absolute atomic E-state index is 0.0789. The minimum Gasteiger partial charge on any atom is -0.508 e. The van der Waals surface area contributed by atoms with Crippen molar-refractivity contribution in [1.82, 2.24) is 0 Å². The first kappa shape index (κ1) is 25.6. The molecule has 1 saturated carbocycles. The molecule has 1 atom stereocenters. The number of phenolic OH excluding ortho intramolecular Hbond substituents is 1. The predicted octanol–water partition coefficient (Wildman–Crippen LogP) is 5.06. The maximum Gasteiger partial charge on any atom is 0.123 e. The Bertz CT molecular complexity index is 917. The lowest BCUT2D eigenvalue weighted by atomic mass is 9.69. The van der Waals surface area contributed by atoms with Crippen molar-refractivity contribution >= 4 is 18.3 Å². The zero-order chi connectivity index (χ0) is 23.9. The maximum absolute atomic E-state index is 10.5. The first-order valence-corrected chi connectivity index (χ1v) is 11.6. The van der Waals surface area contributed by atoms with Crippen LogP contribution in [-0.2, 0) is 6.42 Å². The van der Waals surface area contributed by atoms with Crippen LogP contribution in [0.5, 0.6) is 5.75 Å².